The molecule has 0 amide bonds. The highest BCUT2D eigenvalue weighted by molar-refractivity contribution is 5.04. The third-order valence-electron chi connectivity index (χ3n) is 2.53. The molecule has 2 heteroatoms. The van der Waals surface area contributed by atoms with Gasteiger partial charge < -0.3 is 5.32 Å². The fourth-order valence-corrected chi connectivity index (χ4v) is 1.72. The lowest BCUT2D eigenvalue weighted by Crippen LogP contribution is -2.28. The summed E-state index contributed by atoms with van der Waals surface area (Å²) in [6, 6.07) is 6.58. The summed E-state index contributed by atoms with van der Waals surface area (Å²) in [5, 5.41) is 3.49. The Labute approximate surface area is 85.1 Å². The molecule has 14 heavy (non-hydrogen) atoms. The van der Waals surface area contributed by atoms with Gasteiger partial charge in [0.2, 0.25) is 0 Å². The van der Waals surface area contributed by atoms with Crippen LogP contribution in [-0.4, -0.2) is 11.0 Å². The fraction of sp³-hybridized carbons (Fsp3) is 0.417. The third-order valence-corrected chi connectivity index (χ3v) is 2.53. The largest absolute Gasteiger partial charge is 0.305 e. The van der Waals surface area contributed by atoms with Gasteiger partial charge >= 0.3 is 0 Å². The summed E-state index contributed by atoms with van der Waals surface area (Å²) in [4.78, 5) is 4.28. The number of pyridine rings is 1. The van der Waals surface area contributed by atoms with Crippen LogP contribution in [0.25, 0.3) is 0 Å². The summed E-state index contributed by atoms with van der Waals surface area (Å²) >= 11 is 0. The van der Waals surface area contributed by atoms with Crippen LogP contribution in [-0.2, 0) is 6.54 Å². The Kier molecular flexibility index (Phi) is 3.30. The summed E-state index contributed by atoms with van der Waals surface area (Å²) in [6.45, 7) is 0.871. The Hall–Kier alpha value is -1.15. The Morgan fingerprint density at radius 3 is 3.14 bits per heavy atom. The number of hydrogen-bond acceptors (Lipinski definition) is 2. The molecule has 74 valence electrons. The van der Waals surface area contributed by atoms with Crippen molar-refractivity contribution in [2.75, 3.05) is 0 Å². The summed E-state index contributed by atoms with van der Waals surface area (Å²) in [5.74, 6) is 0. The Morgan fingerprint density at radius 2 is 2.43 bits per heavy atom. The van der Waals surface area contributed by atoms with E-state index in [-0.39, 0.29) is 0 Å². The van der Waals surface area contributed by atoms with E-state index in [1.807, 2.05) is 18.3 Å². The van der Waals surface area contributed by atoms with Crippen molar-refractivity contribution in [1.29, 1.82) is 0 Å². The van der Waals surface area contributed by atoms with Crippen molar-refractivity contribution in [2.24, 2.45) is 0 Å². The number of hydrogen-bond donors (Lipinski definition) is 1. The Morgan fingerprint density at radius 1 is 1.43 bits per heavy atom. The molecular formula is C12H16N2. The molecule has 2 nitrogen and oxygen atoms in total. The standard InChI is InChI=1S/C12H16N2/c1-2-6-11(7-3-1)14-10-12-8-4-5-9-13-12/h2,4-6,8-9,11,14H,1,3,7,10H2. The number of nitrogens with zero attached hydrogens (tertiary/aromatic N) is 1. The molecule has 0 aliphatic heterocycles. The molecule has 0 spiro atoms. The van der Waals surface area contributed by atoms with Crippen LogP contribution < -0.4 is 5.32 Å². The molecule has 1 aromatic rings. The maximum Gasteiger partial charge on any atom is 0.0541 e. The van der Waals surface area contributed by atoms with Crippen molar-refractivity contribution in [3.05, 3.63) is 42.2 Å². The van der Waals surface area contributed by atoms with Crippen LogP contribution in [0.4, 0.5) is 0 Å². The molecule has 2 rings (SSSR count). The van der Waals surface area contributed by atoms with Crippen LogP contribution in [0.1, 0.15) is 25.0 Å². The van der Waals surface area contributed by atoms with Crippen LogP contribution in [0.5, 0.6) is 0 Å². The van der Waals surface area contributed by atoms with Crippen molar-refractivity contribution in [2.45, 2.75) is 31.8 Å². The Balaban J connectivity index is 1.82. The van der Waals surface area contributed by atoms with Crippen LogP contribution >= 0.6 is 0 Å². The summed E-state index contributed by atoms with van der Waals surface area (Å²) in [7, 11) is 0. The zero-order chi connectivity index (χ0) is 9.64. The molecule has 0 bridgehead atoms. The molecule has 0 aromatic carbocycles. The second-order valence-corrected chi connectivity index (χ2v) is 3.67. The lowest BCUT2D eigenvalue weighted by Gasteiger charge is -2.17. The van der Waals surface area contributed by atoms with Gasteiger partial charge in [-0.25, -0.2) is 0 Å². The molecule has 1 N–H and O–H groups in total. The van der Waals surface area contributed by atoms with Crippen molar-refractivity contribution in [3.8, 4) is 0 Å². The third kappa shape index (κ3) is 2.67. The first-order valence-corrected chi connectivity index (χ1v) is 5.25. The highest BCUT2D eigenvalue weighted by Gasteiger charge is 2.06. The average molecular weight is 188 g/mol. The van der Waals surface area contributed by atoms with Gasteiger partial charge in [0.25, 0.3) is 0 Å². The van der Waals surface area contributed by atoms with Crippen LogP contribution in [0.3, 0.4) is 0 Å². The molecule has 1 unspecified atom stereocenters. The summed E-state index contributed by atoms with van der Waals surface area (Å²) in [6.07, 6.45) is 10.2. The smallest absolute Gasteiger partial charge is 0.0541 e. The first kappa shape index (κ1) is 9.41. The maximum atomic E-state index is 4.28. The first-order valence-electron chi connectivity index (χ1n) is 5.25. The minimum absolute atomic E-state index is 0.547. The van der Waals surface area contributed by atoms with E-state index in [0.717, 1.165) is 12.2 Å². The lowest BCUT2D eigenvalue weighted by molar-refractivity contribution is 0.518. The van der Waals surface area contributed by atoms with Crippen LogP contribution in [0.2, 0.25) is 0 Å². The predicted octanol–water partition coefficient (Wildman–Crippen LogP) is 2.28. The van der Waals surface area contributed by atoms with Gasteiger partial charge in [0, 0.05) is 18.8 Å². The summed E-state index contributed by atoms with van der Waals surface area (Å²) < 4.78 is 0. The SMILES string of the molecule is C1=CC(NCc2ccccn2)CCC1. The molecule has 1 aliphatic rings. The van der Waals surface area contributed by atoms with Gasteiger partial charge in [-0.3, -0.25) is 4.98 Å². The van der Waals surface area contributed by atoms with Gasteiger partial charge in [0.15, 0.2) is 0 Å². The lowest BCUT2D eigenvalue weighted by atomic mass is 10.0. The molecular weight excluding hydrogens is 172 g/mol. The van der Waals surface area contributed by atoms with E-state index in [1.54, 1.807) is 0 Å². The quantitative estimate of drug-likeness (QED) is 0.736. The maximum absolute atomic E-state index is 4.28. The van der Waals surface area contributed by atoms with Gasteiger partial charge in [-0.05, 0) is 31.4 Å². The first-order chi connectivity index (χ1) is 6.95. The van der Waals surface area contributed by atoms with Crippen molar-refractivity contribution in [3.63, 3.8) is 0 Å². The average Bonchev–Trinajstić information content (AvgIpc) is 2.29. The number of allylic oxidation sites excluding steroid dienone is 1. The number of nitrogens with one attached hydrogen (secondary N) is 1. The predicted molar refractivity (Wildman–Crippen MR) is 57.9 cm³/mol. The second-order valence-electron chi connectivity index (χ2n) is 3.67. The summed E-state index contributed by atoms with van der Waals surface area (Å²) in [5.41, 5.74) is 1.12. The van der Waals surface area contributed by atoms with E-state index in [0.29, 0.717) is 6.04 Å². The highest BCUT2D eigenvalue weighted by Crippen LogP contribution is 2.10. The zero-order valence-corrected chi connectivity index (χ0v) is 8.32. The van der Waals surface area contributed by atoms with Gasteiger partial charge in [-0.2, -0.15) is 0 Å². The Bertz CT molecular complexity index is 292. The van der Waals surface area contributed by atoms with E-state index < -0.39 is 0 Å². The monoisotopic (exact) mass is 188 g/mol. The molecule has 0 saturated carbocycles. The van der Waals surface area contributed by atoms with Crippen LogP contribution in [0, 0.1) is 0 Å². The van der Waals surface area contributed by atoms with E-state index in [4.69, 9.17) is 0 Å². The van der Waals surface area contributed by atoms with Crippen LogP contribution in [0.15, 0.2) is 36.5 Å². The molecule has 1 heterocycles. The zero-order valence-electron chi connectivity index (χ0n) is 8.32. The van der Waals surface area contributed by atoms with Crippen molar-refractivity contribution in [1.82, 2.24) is 10.3 Å². The molecule has 0 fully saturated rings. The van der Waals surface area contributed by atoms with E-state index in [9.17, 15) is 0 Å². The number of aromatic nitrogens is 1. The molecule has 0 saturated heterocycles. The van der Waals surface area contributed by atoms with Gasteiger partial charge in [-0.15, -0.1) is 0 Å². The molecule has 0 radical (unpaired) electrons. The minimum atomic E-state index is 0.547. The normalized spacial score (nSPS) is 21.0. The van der Waals surface area contributed by atoms with Gasteiger partial charge in [0.05, 0.1) is 5.69 Å². The van der Waals surface area contributed by atoms with Gasteiger partial charge in [0.1, 0.15) is 0 Å². The van der Waals surface area contributed by atoms with Gasteiger partial charge in [-0.1, -0.05) is 18.2 Å². The molecule has 1 atom stereocenters. The minimum Gasteiger partial charge on any atom is -0.305 e. The van der Waals surface area contributed by atoms with E-state index in [1.165, 1.54) is 19.3 Å². The van der Waals surface area contributed by atoms with E-state index in [2.05, 4.69) is 28.5 Å². The number of rotatable bonds is 3. The fourth-order valence-electron chi connectivity index (χ4n) is 1.72. The van der Waals surface area contributed by atoms with Crippen molar-refractivity contribution >= 4 is 0 Å². The van der Waals surface area contributed by atoms with E-state index >= 15 is 0 Å². The topological polar surface area (TPSA) is 24.9 Å². The second kappa shape index (κ2) is 4.91. The van der Waals surface area contributed by atoms with Crippen molar-refractivity contribution < 1.29 is 0 Å². The molecule has 1 aromatic heterocycles. The molecule has 1 aliphatic carbocycles. The highest BCUT2D eigenvalue weighted by atomic mass is 14.9.